The molecule has 0 radical (unpaired) electrons. The average Bonchev–Trinajstić information content (AvgIpc) is 2.00. The first-order valence-electron chi connectivity index (χ1n) is 4.17. The minimum atomic E-state index is -4.05. The summed E-state index contributed by atoms with van der Waals surface area (Å²) in [5.41, 5.74) is 0.304. The highest BCUT2D eigenvalue weighted by Crippen LogP contribution is 1.98. The molecule has 0 aliphatic carbocycles. The lowest BCUT2D eigenvalue weighted by atomic mass is 10.2. The van der Waals surface area contributed by atoms with Crippen LogP contribution in [0.4, 0.5) is 0 Å². The summed E-state index contributed by atoms with van der Waals surface area (Å²) in [6.07, 6.45) is 0.429. The van der Waals surface area contributed by atoms with Gasteiger partial charge in [-0.2, -0.15) is 8.42 Å². The van der Waals surface area contributed by atoms with Gasteiger partial charge in [-0.05, 0) is 13.3 Å². The predicted octanol–water partition coefficient (Wildman–Crippen LogP) is 0.345. The van der Waals surface area contributed by atoms with Crippen molar-refractivity contribution >= 4 is 16.0 Å². The van der Waals surface area contributed by atoms with Crippen LogP contribution in [0.15, 0.2) is 12.2 Å². The van der Waals surface area contributed by atoms with Crippen LogP contribution in [-0.2, 0) is 14.9 Å². The van der Waals surface area contributed by atoms with E-state index in [0.717, 1.165) is 0 Å². The van der Waals surface area contributed by atoms with Gasteiger partial charge in [0, 0.05) is 11.6 Å². The molecule has 0 saturated heterocycles. The smallest absolute Gasteiger partial charge is 0.266 e. The lowest BCUT2D eigenvalue weighted by Gasteiger charge is -2.14. The van der Waals surface area contributed by atoms with Crippen LogP contribution in [0, 0.1) is 0 Å². The topological polar surface area (TPSA) is 83.5 Å². The zero-order valence-corrected chi connectivity index (χ0v) is 9.10. The second kappa shape index (κ2) is 5.11. The van der Waals surface area contributed by atoms with Gasteiger partial charge in [-0.3, -0.25) is 9.35 Å². The summed E-state index contributed by atoms with van der Waals surface area (Å²) < 4.78 is 29.6. The van der Waals surface area contributed by atoms with E-state index in [1.54, 1.807) is 6.92 Å². The van der Waals surface area contributed by atoms with Gasteiger partial charge in [0.1, 0.15) is 0 Å². The Kier molecular flexibility index (Phi) is 4.79. The van der Waals surface area contributed by atoms with Crippen molar-refractivity contribution in [2.45, 2.75) is 26.3 Å². The molecule has 1 unspecified atom stereocenters. The van der Waals surface area contributed by atoms with Crippen LogP contribution in [0.3, 0.4) is 0 Å². The van der Waals surface area contributed by atoms with Crippen molar-refractivity contribution in [2.75, 3.05) is 5.75 Å². The van der Waals surface area contributed by atoms with Crippen LogP contribution in [0.25, 0.3) is 0 Å². The molecular weight excluding hydrogens is 206 g/mol. The van der Waals surface area contributed by atoms with Crippen LogP contribution >= 0.6 is 0 Å². The molecule has 5 nitrogen and oxygen atoms in total. The Labute approximate surface area is 83.9 Å². The summed E-state index contributed by atoms with van der Waals surface area (Å²) in [4.78, 5) is 11.1. The molecule has 82 valence electrons. The third-order valence-corrected chi connectivity index (χ3v) is 2.45. The Balaban J connectivity index is 4.31. The maximum absolute atomic E-state index is 11.1. The van der Waals surface area contributed by atoms with Gasteiger partial charge in [0.15, 0.2) is 0 Å². The minimum absolute atomic E-state index is 0.304. The molecule has 0 aliphatic rings. The lowest BCUT2D eigenvalue weighted by Crippen LogP contribution is -2.39. The predicted molar refractivity (Wildman–Crippen MR) is 53.5 cm³/mol. The standard InChI is InChI=1S/C8H15NO4S/c1-4-7(5-14(11,12)13)9-8(10)6(2)3/h7H,2,4-5H2,1,3H3,(H,9,10)(H,11,12,13). The highest BCUT2D eigenvalue weighted by atomic mass is 32.2. The molecule has 0 aromatic carbocycles. The molecule has 0 rings (SSSR count). The van der Waals surface area contributed by atoms with Crippen molar-refractivity contribution in [3.8, 4) is 0 Å². The van der Waals surface area contributed by atoms with E-state index in [1.807, 2.05) is 0 Å². The normalized spacial score (nSPS) is 13.4. The Morgan fingerprint density at radius 3 is 2.36 bits per heavy atom. The fourth-order valence-electron chi connectivity index (χ4n) is 0.824. The van der Waals surface area contributed by atoms with Crippen LogP contribution in [0.2, 0.25) is 0 Å². The van der Waals surface area contributed by atoms with Gasteiger partial charge in [-0.15, -0.1) is 0 Å². The van der Waals surface area contributed by atoms with Crippen molar-refractivity contribution in [3.63, 3.8) is 0 Å². The van der Waals surface area contributed by atoms with Crippen molar-refractivity contribution < 1.29 is 17.8 Å². The van der Waals surface area contributed by atoms with Gasteiger partial charge in [0.05, 0.1) is 5.75 Å². The van der Waals surface area contributed by atoms with Gasteiger partial charge in [-0.1, -0.05) is 13.5 Å². The van der Waals surface area contributed by atoms with E-state index >= 15 is 0 Å². The van der Waals surface area contributed by atoms with Gasteiger partial charge in [-0.25, -0.2) is 0 Å². The van der Waals surface area contributed by atoms with E-state index in [2.05, 4.69) is 11.9 Å². The number of carbonyl (C=O) groups excluding carboxylic acids is 1. The lowest BCUT2D eigenvalue weighted by molar-refractivity contribution is -0.118. The highest BCUT2D eigenvalue weighted by molar-refractivity contribution is 7.85. The third-order valence-electron chi connectivity index (χ3n) is 1.63. The first-order valence-corrected chi connectivity index (χ1v) is 5.78. The summed E-state index contributed by atoms with van der Waals surface area (Å²) in [5, 5.41) is 2.45. The Hall–Kier alpha value is -0.880. The molecule has 14 heavy (non-hydrogen) atoms. The van der Waals surface area contributed by atoms with E-state index in [-0.39, 0.29) is 0 Å². The number of hydrogen-bond donors (Lipinski definition) is 2. The highest BCUT2D eigenvalue weighted by Gasteiger charge is 2.17. The maximum atomic E-state index is 11.1. The number of hydrogen-bond acceptors (Lipinski definition) is 3. The molecule has 6 heteroatoms. The zero-order chi connectivity index (χ0) is 11.4. The fourth-order valence-corrected chi connectivity index (χ4v) is 1.65. The second-order valence-electron chi connectivity index (χ2n) is 3.11. The van der Waals surface area contributed by atoms with Crippen molar-refractivity contribution in [2.24, 2.45) is 0 Å². The van der Waals surface area contributed by atoms with Crippen molar-refractivity contribution in [1.29, 1.82) is 0 Å². The largest absolute Gasteiger partial charge is 0.349 e. The fraction of sp³-hybridized carbons (Fsp3) is 0.625. The third kappa shape index (κ3) is 5.71. The quantitative estimate of drug-likeness (QED) is 0.518. The van der Waals surface area contributed by atoms with E-state index in [9.17, 15) is 13.2 Å². The van der Waals surface area contributed by atoms with Crippen LogP contribution in [0.1, 0.15) is 20.3 Å². The molecule has 0 bridgehead atoms. The van der Waals surface area contributed by atoms with Gasteiger partial charge in [0.25, 0.3) is 10.1 Å². The van der Waals surface area contributed by atoms with Crippen LogP contribution in [-0.4, -0.2) is 30.7 Å². The van der Waals surface area contributed by atoms with E-state index < -0.39 is 27.8 Å². The van der Waals surface area contributed by atoms with Gasteiger partial charge < -0.3 is 5.32 Å². The monoisotopic (exact) mass is 221 g/mol. The Bertz CT molecular complexity index is 320. The number of amides is 1. The second-order valence-corrected chi connectivity index (χ2v) is 4.60. The molecule has 0 heterocycles. The molecule has 1 amide bonds. The van der Waals surface area contributed by atoms with Crippen LogP contribution in [0.5, 0.6) is 0 Å². The molecule has 2 N–H and O–H groups in total. The number of nitrogens with one attached hydrogen (secondary N) is 1. The van der Waals surface area contributed by atoms with E-state index in [1.165, 1.54) is 6.92 Å². The zero-order valence-electron chi connectivity index (χ0n) is 8.28. The average molecular weight is 221 g/mol. The summed E-state index contributed by atoms with van der Waals surface area (Å²) in [6, 6.07) is -0.575. The van der Waals surface area contributed by atoms with Gasteiger partial charge >= 0.3 is 0 Å². The summed E-state index contributed by atoms with van der Waals surface area (Å²) in [7, 11) is -4.05. The van der Waals surface area contributed by atoms with Crippen molar-refractivity contribution in [3.05, 3.63) is 12.2 Å². The first kappa shape index (κ1) is 13.1. The molecule has 0 fully saturated rings. The van der Waals surface area contributed by atoms with Crippen molar-refractivity contribution in [1.82, 2.24) is 5.32 Å². The van der Waals surface area contributed by atoms with Crippen LogP contribution < -0.4 is 5.32 Å². The molecule has 0 aliphatic heterocycles. The number of carbonyl (C=O) groups is 1. The Morgan fingerprint density at radius 1 is 1.57 bits per heavy atom. The maximum Gasteiger partial charge on any atom is 0.266 e. The molecule has 0 aromatic heterocycles. The van der Waals surface area contributed by atoms with E-state index in [4.69, 9.17) is 4.55 Å². The van der Waals surface area contributed by atoms with Gasteiger partial charge in [0.2, 0.25) is 5.91 Å². The summed E-state index contributed by atoms with van der Waals surface area (Å²) >= 11 is 0. The van der Waals surface area contributed by atoms with E-state index in [0.29, 0.717) is 12.0 Å². The molecule has 1 atom stereocenters. The molecule has 0 saturated carbocycles. The number of rotatable bonds is 5. The molecular formula is C8H15NO4S. The summed E-state index contributed by atoms with van der Waals surface area (Å²) in [5.74, 6) is -0.872. The molecule has 0 aromatic rings. The minimum Gasteiger partial charge on any atom is -0.349 e. The Morgan fingerprint density at radius 2 is 2.07 bits per heavy atom. The molecule has 0 spiro atoms. The first-order chi connectivity index (χ1) is 6.26. The SMILES string of the molecule is C=C(C)C(=O)NC(CC)CS(=O)(=O)O. The summed E-state index contributed by atoms with van der Waals surface area (Å²) in [6.45, 7) is 6.66.